The van der Waals surface area contributed by atoms with Crippen LogP contribution in [0.2, 0.25) is 0 Å². The minimum Gasteiger partial charge on any atom is -0.316 e. The second kappa shape index (κ2) is 4.31. The SMILES string of the molecule is Fc1cccnc1Cn1ccc(NS)n1. The third kappa shape index (κ3) is 2.27. The van der Waals surface area contributed by atoms with Gasteiger partial charge in [0.15, 0.2) is 5.82 Å². The summed E-state index contributed by atoms with van der Waals surface area (Å²) < 4.78 is 17.4. The van der Waals surface area contributed by atoms with Gasteiger partial charge in [0.05, 0.1) is 12.2 Å². The number of thiol groups is 1. The van der Waals surface area contributed by atoms with Crippen LogP contribution in [-0.4, -0.2) is 14.8 Å². The normalized spacial score (nSPS) is 10.3. The van der Waals surface area contributed by atoms with Gasteiger partial charge < -0.3 is 4.72 Å². The van der Waals surface area contributed by atoms with Gasteiger partial charge in [0.1, 0.15) is 5.82 Å². The molecule has 0 aromatic carbocycles. The summed E-state index contributed by atoms with van der Waals surface area (Å²) in [5.74, 6) is 0.294. The molecule has 6 heteroatoms. The first-order valence-electron chi connectivity index (χ1n) is 4.32. The van der Waals surface area contributed by atoms with Gasteiger partial charge in [-0.2, -0.15) is 5.10 Å². The number of halogens is 1. The largest absolute Gasteiger partial charge is 0.316 e. The highest BCUT2D eigenvalue weighted by atomic mass is 32.1. The van der Waals surface area contributed by atoms with Crippen LogP contribution in [0.3, 0.4) is 0 Å². The smallest absolute Gasteiger partial charge is 0.157 e. The summed E-state index contributed by atoms with van der Waals surface area (Å²) in [6.45, 7) is 0.308. The van der Waals surface area contributed by atoms with Gasteiger partial charge in [-0.05, 0) is 12.1 Å². The third-order valence-electron chi connectivity index (χ3n) is 1.90. The zero-order valence-corrected chi connectivity index (χ0v) is 8.66. The Kier molecular flexibility index (Phi) is 2.86. The monoisotopic (exact) mass is 224 g/mol. The molecule has 0 saturated heterocycles. The highest BCUT2D eigenvalue weighted by Gasteiger charge is 2.04. The molecule has 0 atom stereocenters. The van der Waals surface area contributed by atoms with Crippen LogP contribution in [-0.2, 0) is 6.54 Å². The van der Waals surface area contributed by atoms with E-state index in [4.69, 9.17) is 0 Å². The van der Waals surface area contributed by atoms with Crippen molar-refractivity contribution in [2.45, 2.75) is 6.54 Å². The quantitative estimate of drug-likeness (QED) is 0.780. The molecule has 78 valence electrons. The maximum atomic E-state index is 13.2. The first-order valence-corrected chi connectivity index (χ1v) is 4.77. The van der Waals surface area contributed by atoms with E-state index in [1.165, 1.54) is 6.07 Å². The highest BCUT2D eigenvalue weighted by Crippen LogP contribution is 2.07. The predicted octanol–water partition coefficient (Wildman–Crippen LogP) is 1.72. The number of aromatic nitrogens is 3. The highest BCUT2D eigenvalue weighted by molar-refractivity contribution is 7.81. The Balaban J connectivity index is 2.18. The average molecular weight is 224 g/mol. The lowest BCUT2D eigenvalue weighted by molar-refractivity contribution is 0.571. The maximum absolute atomic E-state index is 13.2. The zero-order valence-electron chi connectivity index (χ0n) is 7.76. The fourth-order valence-corrected chi connectivity index (χ4v) is 1.32. The standard InChI is InChI=1S/C9H9FN4S/c10-7-2-1-4-11-8(7)6-14-5-3-9(12-14)13-15/h1-5,15H,6H2,(H,12,13). The molecule has 2 aromatic heterocycles. The molecule has 0 spiro atoms. The van der Waals surface area contributed by atoms with E-state index in [1.54, 1.807) is 29.2 Å². The van der Waals surface area contributed by atoms with Gasteiger partial charge in [0.2, 0.25) is 0 Å². The molecule has 4 nitrogen and oxygen atoms in total. The van der Waals surface area contributed by atoms with E-state index in [1.807, 2.05) is 0 Å². The van der Waals surface area contributed by atoms with Crippen LogP contribution >= 0.6 is 12.8 Å². The van der Waals surface area contributed by atoms with Crippen molar-refractivity contribution >= 4 is 18.6 Å². The fourth-order valence-electron chi connectivity index (χ4n) is 1.20. The summed E-state index contributed by atoms with van der Waals surface area (Å²) >= 11 is 3.85. The maximum Gasteiger partial charge on any atom is 0.157 e. The Labute approximate surface area is 91.7 Å². The van der Waals surface area contributed by atoms with E-state index in [-0.39, 0.29) is 5.82 Å². The van der Waals surface area contributed by atoms with Crippen LogP contribution in [0.25, 0.3) is 0 Å². The molecule has 0 aliphatic heterocycles. The molecule has 15 heavy (non-hydrogen) atoms. The Hall–Kier alpha value is -1.56. The molecular formula is C9H9FN4S. The molecule has 0 bridgehead atoms. The number of pyridine rings is 1. The molecule has 0 unspecified atom stereocenters. The van der Waals surface area contributed by atoms with E-state index in [9.17, 15) is 4.39 Å². The number of rotatable bonds is 3. The second-order valence-electron chi connectivity index (χ2n) is 2.94. The Bertz CT molecular complexity index is 457. The molecule has 0 radical (unpaired) electrons. The van der Waals surface area contributed by atoms with Crippen LogP contribution in [0.1, 0.15) is 5.69 Å². The molecule has 0 aliphatic carbocycles. The lowest BCUT2D eigenvalue weighted by Gasteiger charge is -2.01. The Morgan fingerprint density at radius 3 is 3.00 bits per heavy atom. The van der Waals surface area contributed by atoms with Crippen molar-refractivity contribution in [3.63, 3.8) is 0 Å². The van der Waals surface area contributed by atoms with Gasteiger partial charge in [-0.15, -0.1) is 0 Å². The molecule has 2 heterocycles. The van der Waals surface area contributed by atoms with Crippen molar-refractivity contribution in [2.24, 2.45) is 0 Å². The van der Waals surface area contributed by atoms with E-state index in [0.717, 1.165) is 0 Å². The molecule has 2 aromatic rings. The first kappa shape index (κ1) is 9.97. The minimum atomic E-state index is -0.326. The Morgan fingerprint density at radius 2 is 2.33 bits per heavy atom. The predicted molar refractivity (Wildman–Crippen MR) is 58.1 cm³/mol. The summed E-state index contributed by atoms with van der Waals surface area (Å²) in [7, 11) is 0. The van der Waals surface area contributed by atoms with Gasteiger partial charge in [-0.1, -0.05) is 12.8 Å². The van der Waals surface area contributed by atoms with Gasteiger partial charge in [0.25, 0.3) is 0 Å². The molecular weight excluding hydrogens is 215 g/mol. The van der Waals surface area contributed by atoms with Crippen molar-refractivity contribution in [3.05, 3.63) is 42.1 Å². The van der Waals surface area contributed by atoms with Gasteiger partial charge >= 0.3 is 0 Å². The molecule has 0 fully saturated rings. The van der Waals surface area contributed by atoms with Crippen molar-refractivity contribution in [1.29, 1.82) is 0 Å². The average Bonchev–Trinajstić information content (AvgIpc) is 2.69. The number of nitrogens with zero attached hydrogens (tertiary/aromatic N) is 3. The number of anilines is 1. The zero-order chi connectivity index (χ0) is 10.7. The summed E-state index contributed by atoms with van der Waals surface area (Å²) in [5.41, 5.74) is 0.367. The lowest BCUT2D eigenvalue weighted by Crippen LogP contribution is -2.04. The van der Waals surface area contributed by atoms with Crippen molar-refractivity contribution < 1.29 is 4.39 Å². The van der Waals surface area contributed by atoms with Crippen molar-refractivity contribution in [2.75, 3.05) is 4.72 Å². The summed E-state index contributed by atoms with van der Waals surface area (Å²) in [5, 5.41) is 4.09. The molecule has 0 aliphatic rings. The van der Waals surface area contributed by atoms with Crippen LogP contribution in [0.4, 0.5) is 10.2 Å². The summed E-state index contributed by atoms with van der Waals surface area (Å²) in [6.07, 6.45) is 3.28. The number of hydrogen-bond acceptors (Lipinski definition) is 4. The van der Waals surface area contributed by atoms with Crippen molar-refractivity contribution in [1.82, 2.24) is 14.8 Å². The molecule has 1 N–H and O–H groups in total. The van der Waals surface area contributed by atoms with E-state index < -0.39 is 0 Å². The second-order valence-corrected chi connectivity index (χ2v) is 3.17. The summed E-state index contributed by atoms with van der Waals surface area (Å²) in [4.78, 5) is 3.93. The summed E-state index contributed by atoms with van der Waals surface area (Å²) in [6, 6.07) is 4.68. The van der Waals surface area contributed by atoms with Crippen LogP contribution in [0, 0.1) is 5.82 Å². The van der Waals surface area contributed by atoms with E-state index >= 15 is 0 Å². The van der Waals surface area contributed by atoms with Crippen LogP contribution in [0.15, 0.2) is 30.6 Å². The molecule has 2 rings (SSSR count). The number of hydrogen-bond donors (Lipinski definition) is 2. The third-order valence-corrected chi connectivity index (χ3v) is 2.13. The van der Waals surface area contributed by atoms with Crippen LogP contribution in [0.5, 0.6) is 0 Å². The topological polar surface area (TPSA) is 42.7 Å². The van der Waals surface area contributed by atoms with E-state index in [2.05, 4.69) is 27.6 Å². The lowest BCUT2D eigenvalue weighted by atomic mass is 10.3. The Morgan fingerprint density at radius 1 is 1.47 bits per heavy atom. The number of nitrogens with one attached hydrogen (secondary N) is 1. The van der Waals surface area contributed by atoms with Gasteiger partial charge in [-0.3, -0.25) is 9.67 Å². The minimum absolute atomic E-state index is 0.308. The molecule has 0 saturated carbocycles. The van der Waals surface area contributed by atoms with Crippen molar-refractivity contribution in [3.8, 4) is 0 Å². The molecule has 0 amide bonds. The van der Waals surface area contributed by atoms with E-state index in [0.29, 0.717) is 18.1 Å². The van der Waals surface area contributed by atoms with Gasteiger partial charge in [-0.25, -0.2) is 4.39 Å². The van der Waals surface area contributed by atoms with Crippen LogP contribution < -0.4 is 4.72 Å². The first-order chi connectivity index (χ1) is 7.29. The van der Waals surface area contributed by atoms with Gasteiger partial charge in [0, 0.05) is 18.5 Å². The fraction of sp³-hybridized carbons (Fsp3) is 0.111.